The predicted molar refractivity (Wildman–Crippen MR) is 227 cm³/mol. The lowest BCUT2D eigenvalue weighted by atomic mass is 10.00. The number of rotatable bonds is 4. The maximum Gasteiger partial charge on any atom is 0.143 e. The topological polar surface area (TPSA) is 29.5 Å². The summed E-state index contributed by atoms with van der Waals surface area (Å²) in [6.07, 6.45) is 0. The van der Waals surface area contributed by atoms with E-state index in [4.69, 9.17) is 8.83 Å². The van der Waals surface area contributed by atoms with Gasteiger partial charge in [0.1, 0.15) is 22.3 Å². The van der Waals surface area contributed by atoms with Gasteiger partial charge in [-0.2, -0.15) is 0 Å². The zero-order valence-electron chi connectivity index (χ0n) is 28.2. The average Bonchev–Trinajstić information content (AvgIpc) is 3.98. The van der Waals surface area contributed by atoms with E-state index in [9.17, 15) is 0 Å². The van der Waals surface area contributed by atoms with Crippen LogP contribution < -0.4 is 4.90 Å². The first-order valence-corrected chi connectivity index (χ1v) is 19.4. The minimum absolute atomic E-state index is 0.863. The van der Waals surface area contributed by atoms with E-state index >= 15 is 0 Å². The maximum absolute atomic E-state index is 6.69. The fourth-order valence-electron chi connectivity index (χ4n) is 8.35. The first-order chi connectivity index (χ1) is 26.3. The quantitative estimate of drug-likeness (QED) is 0.182. The van der Waals surface area contributed by atoms with Crippen molar-refractivity contribution in [2.75, 3.05) is 4.90 Å². The smallest absolute Gasteiger partial charge is 0.143 e. The molecule has 0 bridgehead atoms. The lowest BCUT2D eigenvalue weighted by molar-refractivity contribution is 0.663. The van der Waals surface area contributed by atoms with E-state index < -0.39 is 0 Å². The third-order valence-corrected chi connectivity index (χ3v) is 13.1. The van der Waals surface area contributed by atoms with E-state index in [2.05, 4.69) is 144 Å². The maximum atomic E-state index is 6.69. The molecule has 0 saturated carbocycles. The first-order valence-electron chi connectivity index (χ1n) is 17.7. The van der Waals surface area contributed by atoms with Crippen LogP contribution in [0.3, 0.4) is 0 Å². The second kappa shape index (κ2) is 11.1. The summed E-state index contributed by atoms with van der Waals surface area (Å²) < 4.78 is 18.1. The van der Waals surface area contributed by atoms with Crippen molar-refractivity contribution in [3.8, 4) is 11.1 Å². The van der Waals surface area contributed by atoms with E-state index in [-0.39, 0.29) is 0 Å². The van der Waals surface area contributed by atoms with Gasteiger partial charge in [0, 0.05) is 63.7 Å². The van der Waals surface area contributed by atoms with Crippen LogP contribution in [-0.4, -0.2) is 0 Å². The molecule has 248 valence electrons. The predicted octanol–water partition coefficient (Wildman–Crippen LogP) is 15.4. The summed E-state index contributed by atoms with van der Waals surface area (Å²) in [5.41, 5.74) is 9.14. The van der Waals surface area contributed by atoms with Gasteiger partial charge in [0.15, 0.2) is 0 Å². The summed E-state index contributed by atoms with van der Waals surface area (Å²) >= 11 is 3.73. The molecule has 0 aliphatic rings. The van der Waals surface area contributed by atoms with Crippen molar-refractivity contribution in [3.63, 3.8) is 0 Å². The lowest BCUT2D eigenvalue weighted by Crippen LogP contribution is -2.10. The molecule has 5 heteroatoms. The van der Waals surface area contributed by atoms with Crippen molar-refractivity contribution in [3.05, 3.63) is 164 Å². The second-order valence-electron chi connectivity index (χ2n) is 13.6. The molecule has 12 rings (SSSR count). The summed E-state index contributed by atoms with van der Waals surface area (Å²) in [5.74, 6) is 0. The monoisotopic (exact) mass is 713 g/mol. The van der Waals surface area contributed by atoms with Crippen LogP contribution >= 0.6 is 22.7 Å². The Morgan fingerprint density at radius 3 is 1.58 bits per heavy atom. The van der Waals surface area contributed by atoms with Gasteiger partial charge in [-0.05, 0) is 60.2 Å². The molecule has 0 aliphatic heterocycles. The van der Waals surface area contributed by atoms with Crippen molar-refractivity contribution < 1.29 is 8.83 Å². The van der Waals surface area contributed by atoms with Gasteiger partial charge in [0.05, 0.1) is 20.8 Å². The first kappa shape index (κ1) is 29.2. The van der Waals surface area contributed by atoms with Crippen LogP contribution in [0.4, 0.5) is 17.1 Å². The molecule has 0 fully saturated rings. The molecule has 0 radical (unpaired) electrons. The number of hydrogen-bond donors (Lipinski definition) is 0. The highest BCUT2D eigenvalue weighted by molar-refractivity contribution is 7.27. The number of thiophene rings is 2. The van der Waals surface area contributed by atoms with Gasteiger partial charge in [0.2, 0.25) is 0 Å². The SMILES string of the molecule is c1ccc2c(c1)oc1ccc3oc4c(-c5ccc(N(c6cccc7c6sc6ccccc67)c6cccc7c6sc6ccccc67)cc5)cccc4c3c12. The Bertz CT molecular complexity index is 3300. The Morgan fingerprint density at radius 1 is 0.377 bits per heavy atom. The molecular formula is C48H27NO2S2. The van der Waals surface area contributed by atoms with Crippen LogP contribution in [-0.2, 0) is 0 Å². The Labute approximate surface area is 311 Å². The molecule has 0 unspecified atom stereocenters. The van der Waals surface area contributed by atoms with Crippen LogP contribution in [0.5, 0.6) is 0 Å². The number of furan rings is 2. The number of benzene rings is 8. The highest BCUT2D eigenvalue weighted by atomic mass is 32.1. The van der Waals surface area contributed by atoms with Gasteiger partial charge in [-0.15, -0.1) is 22.7 Å². The molecule has 0 aliphatic carbocycles. The fourth-order valence-corrected chi connectivity index (χ4v) is 10.8. The van der Waals surface area contributed by atoms with Crippen LogP contribution in [0.25, 0.3) is 95.3 Å². The van der Waals surface area contributed by atoms with Crippen molar-refractivity contribution >= 4 is 124 Å². The molecule has 4 aromatic heterocycles. The van der Waals surface area contributed by atoms with Crippen molar-refractivity contribution in [1.29, 1.82) is 0 Å². The van der Waals surface area contributed by atoms with Gasteiger partial charge in [-0.25, -0.2) is 0 Å². The summed E-state index contributed by atoms with van der Waals surface area (Å²) in [4.78, 5) is 2.46. The number of hydrogen-bond acceptors (Lipinski definition) is 5. The van der Waals surface area contributed by atoms with Crippen molar-refractivity contribution in [1.82, 2.24) is 0 Å². The summed E-state index contributed by atoms with van der Waals surface area (Å²) in [7, 11) is 0. The standard InChI is InChI=1S/C48H27NO2S2/c1-4-19-39-35(12-1)44-40(50-39)26-27-41-45(44)36-16-7-13-30(46(36)51-41)28-22-24-29(25-23-28)49(37-17-8-14-33-31-10-2-5-20-42(31)52-47(33)37)38-18-9-15-34-32-11-3-6-21-43(32)53-48(34)38/h1-27H. The number of fused-ring (bicyclic) bond motifs is 13. The molecule has 0 saturated heterocycles. The van der Waals surface area contributed by atoms with E-state index in [0.29, 0.717) is 0 Å². The van der Waals surface area contributed by atoms with Crippen molar-refractivity contribution in [2.24, 2.45) is 0 Å². The molecule has 12 aromatic rings. The Hall–Kier alpha value is -6.40. The number of para-hydroxylation sites is 2. The number of nitrogens with zero attached hydrogens (tertiary/aromatic N) is 1. The largest absolute Gasteiger partial charge is 0.456 e. The van der Waals surface area contributed by atoms with Crippen LogP contribution in [0, 0.1) is 0 Å². The Balaban J connectivity index is 1.07. The van der Waals surface area contributed by atoms with E-state index in [1.165, 1.54) is 51.7 Å². The lowest BCUT2D eigenvalue weighted by Gasteiger charge is -2.27. The second-order valence-corrected chi connectivity index (χ2v) is 15.7. The normalized spacial score (nSPS) is 12.2. The van der Waals surface area contributed by atoms with E-state index in [1.807, 2.05) is 46.9 Å². The fraction of sp³-hybridized carbons (Fsp3) is 0. The van der Waals surface area contributed by atoms with Gasteiger partial charge >= 0.3 is 0 Å². The molecular weight excluding hydrogens is 687 g/mol. The molecule has 3 nitrogen and oxygen atoms in total. The third kappa shape index (κ3) is 4.20. The van der Waals surface area contributed by atoms with Crippen LogP contribution in [0.15, 0.2) is 173 Å². The van der Waals surface area contributed by atoms with E-state index in [0.717, 1.165) is 60.7 Å². The number of anilines is 3. The zero-order chi connectivity index (χ0) is 34.6. The summed E-state index contributed by atoms with van der Waals surface area (Å²) in [5, 5.41) is 9.55. The average molecular weight is 714 g/mol. The highest BCUT2D eigenvalue weighted by Crippen LogP contribution is 2.49. The minimum atomic E-state index is 0.863. The minimum Gasteiger partial charge on any atom is -0.456 e. The Kier molecular flexibility index (Phi) is 6.09. The van der Waals surface area contributed by atoms with E-state index in [1.54, 1.807) is 0 Å². The molecule has 0 amide bonds. The van der Waals surface area contributed by atoms with Gasteiger partial charge in [-0.1, -0.05) is 109 Å². The zero-order valence-corrected chi connectivity index (χ0v) is 29.8. The molecule has 0 atom stereocenters. The molecule has 53 heavy (non-hydrogen) atoms. The van der Waals surface area contributed by atoms with Crippen LogP contribution in [0.2, 0.25) is 0 Å². The van der Waals surface area contributed by atoms with Gasteiger partial charge in [-0.3, -0.25) is 0 Å². The third-order valence-electron chi connectivity index (χ3n) is 10.7. The van der Waals surface area contributed by atoms with Crippen molar-refractivity contribution in [2.45, 2.75) is 0 Å². The van der Waals surface area contributed by atoms with Gasteiger partial charge < -0.3 is 13.7 Å². The molecule has 0 spiro atoms. The Morgan fingerprint density at radius 2 is 0.906 bits per heavy atom. The molecule has 8 aromatic carbocycles. The van der Waals surface area contributed by atoms with Crippen LogP contribution in [0.1, 0.15) is 0 Å². The molecule has 0 N–H and O–H groups in total. The summed E-state index contributed by atoms with van der Waals surface area (Å²) in [6.45, 7) is 0. The summed E-state index contributed by atoms with van der Waals surface area (Å²) in [6, 6.07) is 58.7. The van der Waals surface area contributed by atoms with Gasteiger partial charge in [0.25, 0.3) is 0 Å². The highest BCUT2D eigenvalue weighted by Gasteiger charge is 2.22. The molecule has 4 heterocycles.